The first-order chi connectivity index (χ1) is 3.70. The van der Waals surface area contributed by atoms with Crippen LogP contribution in [-0.2, 0) is 0 Å². The Morgan fingerprint density at radius 2 is 2.25 bits per heavy atom. The molecule has 3 atom stereocenters. The molecule has 1 fully saturated rings. The van der Waals surface area contributed by atoms with Gasteiger partial charge < -0.3 is 5.11 Å². The lowest BCUT2D eigenvalue weighted by atomic mass is 10.2. The van der Waals surface area contributed by atoms with Crippen LogP contribution in [-0.4, -0.2) is 11.2 Å². The molecule has 1 rings (SSSR count). The largest absolute Gasteiger partial charge is 0.393 e. The van der Waals surface area contributed by atoms with Crippen molar-refractivity contribution in [1.82, 2.24) is 0 Å². The minimum absolute atomic E-state index is 0.0788. The third kappa shape index (κ3) is 1.48. The average Bonchev–Trinajstić information content (AvgIpc) is 2.17. The Morgan fingerprint density at radius 3 is 2.38 bits per heavy atom. The third-order valence-electron chi connectivity index (χ3n) is 1.92. The van der Waals surface area contributed by atoms with E-state index in [4.69, 9.17) is 5.11 Å². The second kappa shape index (κ2) is 2.06. The van der Waals surface area contributed by atoms with Crippen molar-refractivity contribution in [3.05, 3.63) is 0 Å². The second-order valence-electron chi connectivity index (χ2n) is 3.06. The molecule has 0 heterocycles. The van der Waals surface area contributed by atoms with Crippen LogP contribution < -0.4 is 0 Å². The maximum absolute atomic E-state index is 8.88. The molecule has 2 unspecified atom stereocenters. The van der Waals surface area contributed by atoms with Gasteiger partial charge in [0, 0.05) is 0 Å². The molecule has 1 nitrogen and oxygen atoms in total. The van der Waals surface area contributed by atoms with Crippen molar-refractivity contribution in [3.63, 3.8) is 0 Å². The fourth-order valence-electron chi connectivity index (χ4n) is 1.17. The third-order valence-corrected chi connectivity index (χ3v) is 1.92. The van der Waals surface area contributed by atoms with Crippen LogP contribution in [0.15, 0.2) is 0 Å². The maximum atomic E-state index is 8.88. The summed E-state index contributed by atoms with van der Waals surface area (Å²) in [6.45, 7) is 4.11. The molecule has 0 aromatic carbocycles. The van der Waals surface area contributed by atoms with Crippen LogP contribution in [0.25, 0.3) is 0 Å². The van der Waals surface area contributed by atoms with Gasteiger partial charge in [-0.25, -0.2) is 0 Å². The van der Waals surface area contributed by atoms with E-state index in [2.05, 4.69) is 6.92 Å². The van der Waals surface area contributed by atoms with Crippen molar-refractivity contribution >= 4 is 0 Å². The lowest BCUT2D eigenvalue weighted by molar-refractivity contribution is 0.175. The Bertz CT molecular complexity index is 78.5. The number of aliphatic hydroxyl groups excluding tert-OH is 1. The standard InChI is InChI=1S/C7H14O/c1-5-3-7(5)4-6(2)8/h5-8H,3-4H2,1-2H3/t5?,6-,7?/m0/s1. The fraction of sp³-hybridized carbons (Fsp3) is 1.00. The molecule has 0 aromatic rings. The SMILES string of the molecule is CC1CC1C[C@H](C)O. The Balaban J connectivity index is 2.05. The molecule has 0 bridgehead atoms. The molecule has 1 aliphatic carbocycles. The summed E-state index contributed by atoms with van der Waals surface area (Å²) in [4.78, 5) is 0. The zero-order valence-electron chi connectivity index (χ0n) is 5.59. The smallest absolute Gasteiger partial charge is 0.0514 e. The average molecular weight is 114 g/mol. The van der Waals surface area contributed by atoms with Crippen molar-refractivity contribution in [2.75, 3.05) is 0 Å². The Morgan fingerprint density at radius 1 is 1.75 bits per heavy atom. The van der Waals surface area contributed by atoms with E-state index in [0.29, 0.717) is 0 Å². The van der Waals surface area contributed by atoms with Crippen LogP contribution in [0, 0.1) is 11.8 Å². The maximum Gasteiger partial charge on any atom is 0.0514 e. The van der Waals surface area contributed by atoms with E-state index in [1.165, 1.54) is 6.42 Å². The zero-order valence-corrected chi connectivity index (χ0v) is 5.59. The highest BCUT2D eigenvalue weighted by Gasteiger charge is 2.32. The summed E-state index contributed by atoms with van der Waals surface area (Å²) < 4.78 is 0. The molecule has 0 amide bonds. The van der Waals surface area contributed by atoms with Crippen LogP contribution >= 0.6 is 0 Å². The monoisotopic (exact) mass is 114 g/mol. The minimum Gasteiger partial charge on any atom is -0.393 e. The highest BCUT2D eigenvalue weighted by molar-refractivity contribution is 4.83. The normalized spacial score (nSPS) is 39.4. The van der Waals surface area contributed by atoms with Gasteiger partial charge in [0.2, 0.25) is 0 Å². The van der Waals surface area contributed by atoms with Gasteiger partial charge in [0.1, 0.15) is 0 Å². The van der Waals surface area contributed by atoms with E-state index in [1.807, 2.05) is 6.92 Å². The van der Waals surface area contributed by atoms with Gasteiger partial charge in [0.05, 0.1) is 6.10 Å². The molecular formula is C7H14O. The molecule has 48 valence electrons. The molecule has 0 radical (unpaired) electrons. The van der Waals surface area contributed by atoms with Crippen LogP contribution in [0.5, 0.6) is 0 Å². The van der Waals surface area contributed by atoms with Crippen molar-refractivity contribution in [2.45, 2.75) is 32.8 Å². The topological polar surface area (TPSA) is 20.2 Å². The summed E-state index contributed by atoms with van der Waals surface area (Å²) >= 11 is 0. The number of hydrogen-bond acceptors (Lipinski definition) is 1. The van der Waals surface area contributed by atoms with Crippen LogP contribution in [0.4, 0.5) is 0 Å². The van der Waals surface area contributed by atoms with E-state index >= 15 is 0 Å². The molecule has 1 saturated carbocycles. The highest BCUT2D eigenvalue weighted by atomic mass is 16.3. The molecule has 0 saturated heterocycles. The summed E-state index contributed by atoms with van der Waals surface area (Å²) in [5, 5.41) is 8.88. The molecule has 1 aliphatic rings. The summed E-state index contributed by atoms with van der Waals surface area (Å²) in [5.74, 6) is 1.74. The van der Waals surface area contributed by atoms with Gasteiger partial charge in [-0.2, -0.15) is 0 Å². The number of hydrogen-bond donors (Lipinski definition) is 1. The summed E-state index contributed by atoms with van der Waals surface area (Å²) in [6.07, 6.45) is 2.27. The van der Waals surface area contributed by atoms with Crippen molar-refractivity contribution < 1.29 is 5.11 Å². The van der Waals surface area contributed by atoms with Crippen molar-refractivity contribution in [2.24, 2.45) is 11.8 Å². The van der Waals surface area contributed by atoms with E-state index in [-0.39, 0.29) is 6.10 Å². The van der Waals surface area contributed by atoms with Crippen LogP contribution in [0.2, 0.25) is 0 Å². The van der Waals surface area contributed by atoms with Gasteiger partial charge in [-0.3, -0.25) is 0 Å². The molecule has 1 N–H and O–H groups in total. The predicted octanol–water partition coefficient (Wildman–Crippen LogP) is 1.41. The summed E-state index contributed by atoms with van der Waals surface area (Å²) in [7, 11) is 0. The highest BCUT2D eigenvalue weighted by Crippen LogP contribution is 2.41. The van der Waals surface area contributed by atoms with Gasteiger partial charge >= 0.3 is 0 Å². The summed E-state index contributed by atoms with van der Waals surface area (Å²) in [6, 6.07) is 0. The lowest BCUT2D eigenvalue weighted by Crippen LogP contribution is -2.00. The van der Waals surface area contributed by atoms with Gasteiger partial charge in [-0.15, -0.1) is 0 Å². The Hall–Kier alpha value is -0.0400. The molecule has 0 aromatic heterocycles. The van der Waals surface area contributed by atoms with Crippen molar-refractivity contribution in [1.29, 1.82) is 0 Å². The quantitative estimate of drug-likeness (QED) is 0.575. The van der Waals surface area contributed by atoms with Crippen LogP contribution in [0.1, 0.15) is 26.7 Å². The molecule has 8 heavy (non-hydrogen) atoms. The van der Waals surface area contributed by atoms with Gasteiger partial charge in [-0.05, 0) is 31.6 Å². The number of aliphatic hydroxyl groups is 1. The Kier molecular flexibility index (Phi) is 1.57. The molecule has 1 heteroatoms. The first-order valence-electron chi connectivity index (χ1n) is 3.38. The zero-order chi connectivity index (χ0) is 6.15. The lowest BCUT2D eigenvalue weighted by Gasteiger charge is -1.99. The minimum atomic E-state index is -0.0788. The molecule has 0 aliphatic heterocycles. The van der Waals surface area contributed by atoms with E-state index in [9.17, 15) is 0 Å². The van der Waals surface area contributed by atoms with Gasteiger partial charge in [-0.1, -0.05) is 6.92 Å². The van der Waals surface area contributed by atoms with Gasteiger partial charge in [0.25, 0.3) is 0 Å². The first-order valence-corrected chi connectivity index (χ1v) is 3.38. The van der Waals surface area contributed by atoms with Crippen molar-refractivity contribution in [3.8, 4) is 0 Å². The number of rotatable bonds is 2. The van der Waals surface area contributed by atoms with Gasteiger partial charge in [0.15, 0.2) is 0 Å². The summed E-state index contributed by atoms with van der Waals surface area (Å²) in [5.41, 5.74) is 0. The predicted molar refractivity (Wildman–Crippen MR) is 33.6 cm³/mol. The van der Waals surface area contributed by atoms with E-state index in [0.717, 1.165) is 18.3 Å². The molecular weight excluding hydrogens is 100 g/mol. The molecule has 0 spiro atoms. The fourth-order valence-corrected chi connectivity index (χ4v) is 1.17. The van der Waals surface area contributed by atoms with Crippen LogP contribution in [0.3, 0.4) is 0 Å². The van der Waals surface area contributed by atoms with E-state index < -0.39 is 0 Å². The second-order valence-corrected chi connectivity index (χ2v) is 3.06. The first kappa shape index (κ1) is 6.09. The van der Waals surface area contributed by atoms with E-state index in [1.54, 1.807) is 0 Å². The Labute approximate surface area is 50.7 Å².